The third-order valence-electron chi connectivity index (χ3n) is 7.52. The zero-order chi connectivity index (χ0) is 29.3. The maximum absolute atomic E-state index is 14.4. The summed E-state index contributed by atoms with van der Waals surface area (Å²) in [5.41, 5.74) is -1.22. The van der Waals surface area contributed by atoms with Crippen LogP contribution in [-0.2, 0) is 26.3 Å². The molecule has 0 aromatic heterocycles. The fourth-order valence-electron chi connectivity index (χ4n) is 5.39. The first kappa shape index (κ1) is 26.9. The van der Waals surface area contributed by atoms with Crippen LogP contribution >= 0.6 is 0 Å². The van der Waals surface area contributed by atoms with Gasteiger partial charge < -0.3 is 19.9 Å². The van der Waals surface area contributed by atoms with Gasteiger partial charge in [0.2, 0.25) is 0 Å². The van der Waals surface area contributed by atoms with E-state index in [2.05, 4.69) is 5.32 Å². The Morgan fingerprint density at radius 2 is 1.82 bits per heavy atom. The van der Waals surface area contributed by atoms with Gasteiger partial charge in [-0.25, -0.2) is 13.2 Å². The average Bonchev–Trinajstić information content (AvgIpc) is 3.19. The van der Waals surface area contributed by atoms with Crippen LogP contribution < -0.4 is 14.8 Å². The number of phenolic OH excluding ortho intramolecular Hbond substituents is 1. The largest absolute Gasteiger partial charge is 0.507 e. The molecule has 3 aromatic carbocycles. The lowest BCUT2D eigenvalue weighted by atomic mass is 9.67. The summed E-state index contributed by atoms with van der Waals surface area (Å²) in [6.07, 6.45) is 1.00. The molecule has 5 rings (SSSR count). The Labute approximate surface area is 225 Å². The standard InChI is InChI=1S/C29H22F3NO7/c1-11-5-6-13-14(7-16(30)25(32)24(13)31)15(11)10-33-28(38)22-19(39-4)8-18(36)23-26(22)40-20-9-17(35)21(12(2)34)27(37)29(20,23)3/h5-9,21,36H,10H2,1-4H3,(H,33,38)/t21?,29-/m1/s1. The molecule has 2 N–H and O–H groups in total. The highest BCUT2D eigenvalue weighted by molar-refractivity contribution is 6.27. The van der Waals surface area contributed by atoms with Gasteiger partial charge in [-0.2, -0.15) is 0 Å². The van der Waals surface area contributed by atoms with Gasteiger partial charge in [0, 0.05) is 24.1 Å². The fraction of sp³-hybridized carbons (Fsp3) is 0.241. The maximum Gasteiger partial charge on any atom is 0.259 e. The van der Waals surface area contributed by atoms with Gasteiger partial charge in [0.25, 0.3) is 5.91 Å². The molecule has 0 saturated heterocycles. The van der Waals surface area contributed by atoms with Crippen molar-refractivity contribution in [2.24, 2.45) is 5.92 Å². The van der Waals surface area contributed by atoms with Crippen LogP contribution in [0.15, 0.2) is 36.1 Å². The molecule has 0 fully saturated rings. The minimum Gasteiger partial charge on any atom is -0.507 e. The third-order valence-corrected chi connectivity index (χ3v) is 7.52. The van der Waals surface area contributed by atoms with E-state index in [1.807, 2.05) is 0 Å². The molecule has 3 aromatic rings. The summed E-state index contributed by atoms with van der Waals surface area (Å²) < 4.78 is 53.4. The number of phenols is 1. The fourth-order valence-corrected chi connectivity index (χ4v) is 5.39. The lowest BCUT2D eigenvalue weighted by Crippen LogP contribution is -2.47. The monoisotopic (exact) mass is 553 g/mol. The Balaban J connectivity index is 1.59. The van der Waals surface area contributed by atoms with Crippen LogP contribution in [0, 0.1) is 30.3 Å². The molecule has 1 aliphatic heterocycles. The predicted molar refractivity (Wildman–Crippen MR) is 135 cm³/mol. The van der Waals surface area contributed by atoms with Crippen molar-refractivity contribution < 1.29 is 46.9 Å². The van der Waals surface area contributed by atoms with Gasteiger partial charge in [-0.3, -0.25) is 19.2 Å². The Bertz CT molecular complexity index is 1730. The summed E-state index contributed by atoms with van der Waals surface area (Å²) in [5.74, 6) is -10.0. The van der Waals surface area contributed by atoms with E-state index in [9.17, 15) is 37.5 Å². The highest BCUT2D eigenvalue weighted by atomic mass is 19.2. The summed E-state index contributed by atoms with van der Waals surface area (Å²) in [5, 5.41) is 13.4. The second-order valence-corrected chi connectivity index (χ2v) is 9.85. The number of ketones is 3. The molecule has 1 amide bonds. The van der Waals surface area contributed by atoms with Crippen molar-refractivity contribution in [3.05, 3.63) is 75.8 Å². The number of methoxy groups -OCH3 is 1. The van der Waals surface area contributed by atoms with Crippen molar-refractivity contribution in [2.75, 3.05) is 7.11 Å². The van der Waals surface area contributed by atoms with Gasteiger partial charge in [0.1, 0.15) is 39.9 Å². The number of aryl methyl sites for hydroxylation is 1. The average molecular weight is 553 g/mol. The highest BCUT2D eigenvalue weighted by Gasteiger charge is 2.58. The third kappa shape index (κ3) is 3.68. The van der Waals surface area contributed by atoms with Crippen LogP contribution in [0.25, 0.3) is 10.8 Å². The summed E-state index contributed by atoms with van der Waals surface area (Å²) in [6, 6.07) is 4.75. The molecule has 1 aliphatic carbocycles. The Morgan fingerprint density at radius 1 is 1.12 bits per heavy atom. The Hall–Kier alpha value is -4.67. The van der Waals surface area contributed by atoms with E-state index in [0.29, 0.717) is 11.1 Å². The number of benzene rings is 3. The molecule has 0 radical (unpaired) electrons. The lowest BCUT2D eigenvalue weighted by Gasteiger charge is -2.30. The van der Waals surface area contributed by atoms with Crippen LogP contribution in [0.1, 0.15) is 40.9 Å². The molecule has 40 heavy (non-hydrogen) atoms. The minimum atomic E-state index is -1.74. The van der Waals surface area contributed by atoms with E-state index < -0.39 is 57.8 Å². The highest BCUT2D eigenvalue weighted by Crippen LogP contribution is 2.56. The van der Waals surface area contributed by atoms with Gasteiger partial charge in [-0.15, -0.1) is 0 Å². The van der Waals surface area contributed by atoms with Crippen molar-refractivity contribution in [1.82, 2.24) is 5.32 Å². The molecule has 2 aliphatic rings. The number of allylic oxidation sites excluding steroid dienone is 2. The maximum atomic E-state index is 14.4. The second kappa shape index (κ2) is 9.22. The molecule has 8 nitrogen and oxygen atoms in total. The predicted octanol–water partition coefficient (Wildman–Crippen LogP) is 4.10. The summed E-state index contributed by atoms with van der Waals surface area (Å²) in [4.78, 5) is 51.6. The molecule has 0 saturated carbocycles. The second-order valence-electron chi connectivity index (χ2n) is 9.85. The minimum absolute atomic E-state index is 0.0546. The molecule has 11 heteroatoms. The van der Waals surface area contributed by atoms with Crippen LogP contribution in [0.3, 0.4) is 0 Å². The van der Waals surface area contributed by atoms with Crippen molar-refractivity contribution in [3.8, 4) is 17.2 Å². The van der Waals surface area contributed by atoms with Crippen LogP contribution in [0.2, 0.25) is 0 Å². The van der Waals surface area contributed by atoms with Gasteiger partial charge in [0.15, 0.2) is 34.8 Å². The van der Waals surface area contributed by atoms with Crippen molar-refractivity contribution in [2.45, 2.75) is 32.7 Å². The molecule has 2 atom stereocenters. The number of halogens is 3. The van der Waals surface area contributed by atoms with E-state index in [1.165, 1.54) is 26.2 Å². The zero-order valence-corrected chi connectivity index (χ0v) is 21.7. The summed E-state index contributed by atoms with van der Waals surface area (Å²) >= 11 is 0. The Kier molecular flexibility index (Phi) is 6.20. The molecule has 1 unspecified atom stereocenters. The number of hydrogen-bond acceptors (Lipinski definition) is 7. The van der Waals surface area contributed by atoms with Crippen LogP contribution in [0.5, 0.6) is 17.2 Å². The van der Waals surface area contributed by atoms with Crippen LogP contribution in [-0.4, -0.2) is 35.5 Å². The van der Waals surface area contributed by atoms with Crippen molar-refractivity contribution in [3.63, 3.8) is 0 Å². The number of hydrogen-bond donors (Lipinski definition) is 2. The number of aromatic hydroxyl groups is 1. The number of carbonyl (C=O) groups excluding carboxylic acids is 4. The quantitative estimate of drug-likeness (QED) is 0.361. The molecule has 0 spiro atoms. The number of ether oxygens (including phenoxy) is 2. The van der Waals surface area contributed by atoms with E-state index in [1.54, 1.807) is 6.92 Å². The number of amides is 1. The molecular formula is C29H22F3NO7. The normalized spacial score (nSPS) is 19.6. The molecule has 1 heterocycles. The zero-order valence-electron chi connectivity index (χ0n) is 21.7. The number of carbonyl (C=O) groups is 4. The Morgan fingerprint density at radius 3 is 2.48 bits per heavy atom. The first-order valence-corrected chi connectivity index (χ1v) is 12.1. The van der Waals surface area contributed by atoms with E-state index >= 15 is 0 Å². The number of fused-ring (bicyclic) bond motifs is 4. The number of nitrogens with one attached hydrogen (secondary N) is 1. The smallest absolute Gasteiger partial charge is 0.259 e. The molecule has 206 valence electrons. The topological polar surface area (TPSA) is 119 Å². The van der Waals surface area contributed by atoms with Gasteiger partial charge in [-0.1, -0.05) is 12.1 Å². The molecule has 0 bridgehead atoms. The van der Waals surface area contributed by atoms with Crippen molar-refractivity contribution >= 4 is 34.0 Å². The molecular weight excluding hydrogens is 531 g/mol. The first-order valence-electron chi connectivity index (χ1n) is 12.1. The van der Waals surface area contributed by atoms with Crippen molar-refractivity contribution in [1.29, 1.82) is 0 Å². The van der Waals surface area contributed by atoms with E-state index in [-0.39, 0.29) is 45.7 Å². The summed E-state index contributed by atoms with van der Waals surface area (Å²) in [7, 11) is 1.23. The summed E-state index contributed by atoms with van der Waals surface area (Å²) in [6.45, 7) is 3.88. The van der Waals surface area contributed by atoms with Crippen LogP contribution in [0.4, 0.5) is 13.2 Å². The van der Waals surface area contributed by atoms with E-state index in [4.69, 9.17) is 9.47 Å². The van der Waals surface area contributed by atoms with E-state index in [0.717, 1.165) is 25.1 Å². The van der Waals surface area contributed by atoms with Gasteiger partial charge in [-0.05, 0) is 43.4 Å². The lowest BCUT2D eigenvalue weighted by molar-refractivity contribution is -0.140. The van der Waals surface area contributed by atoms with Gasteiger partial charge in [0.05, 0.1) is 12.7 Å². The SMILES string of the molecule is COc1cc(O)c2c(c1C(=O)NCc1c(C)ccc3c(F)c(F)c(F)cc13)OC1=CC(=O)C(C(C)=O)C(=O)[C@]12C. The van der Waals surface area contributed by atoms with Gasteiger partial charge >= 0.3 is 0 Å². The number of rotatable bonds is 5. The first-order chi connectivity index (χ1) is 18.8. The number of Topliss-reactive ketones (excluding diaryl/α,β-unsaturated/α-hetero) is 2.